The van der Waals surface area contributed by atoms with Crippen LogP contribution in [0.25, 0.3) is 0 Å². The van der Waals surface area contributed by atoms with Crippen molar-refractivity contribution in [3.63, 3.8) is 0 Å². The second-order valence-electron chi connectivity index (χ2n) is 8.38. The molecule has 1 amide bonds. The fourth-order valence-corrected chi connectivity index (χ4v) is 4.15. The summed E-state index contributed by atoms with van der Waals surface area (Å²) in [6.45, 7) is 5.97. The van der Waals surface area contributed by atoms with Gasteiger partial charge in [-0.1, -0.05) is 60.1 Å². The highest BCUT2D eigenvalue weighted by Crippen LogP contribution is 2.22. The quantitative estimate of drug-likeness (QED) is 0.414. The van der Waals surface area contributed by atoms with Crippen molar-refractivity contribution in [2.24, 2.45) is 0 Å². The Morgan fingerprint density at radius 3 is 2.41 bits per heavy atom. The largest absolute Gasteiger partial charge is 0.492 e. The van der Waals surface area contributed by atoms with Crippen LogP contribution in [0.3, 0.4) is 0 Å². The maximum absolute atomic E-state index is 13.4. The van der Waals surface area contributed by atoms with E-state index in [0.717, 1.165) is 50.6 Å². The van der Waals surface area contributed by atoms with Gasteiger partial charge < -0.3 is 14.4 Å². The van der Waals surface area contributed by atoms with Crippen molar-refractivity contribution in [3.8, 4) is 5.75 Å². The molecule has 0 radical (unpaired) electrons. The van der Waals surface area contributed by atoms with Crippen LogP contribution in [0.5, 0.6) is 5.75 Å². The fourth-order valence-electron chi connectivity index (χ4n) is 4.03. The summed E-state index contributed by atoms with van der Waals surface area (Å²) in [4.78, 5) is 17.7. The molecule has 1 heterocycles. The first-order valence-electron chi connectivity index (χ1n) is 11.8. The number of benzene rings is 3. The molecule has 1 saturated heterocycles. The number of hydrogen-bond donors (Lipinski definition) is 0. The minimum atomic E-state index is -0.0179. The molecule has 0 atom stereocenters. The monoisotopic (exact) mass is 478 g/mol. The maximum atomic E-state index is 13.4. The van der Waals surface area contributed by atoms with Crippen molar-refractivity contribution in [1.29, 1.82) is 0 Å². The molecule has 0 aromatic heterocycles. The first-order valence-corrected chi connectivity index (χ1v) is 12.2. The van der Waals surface area contributed by atoms with E-state index >= 15 is 0 Å². The van der Waals surface area contributed by atoms with Crippen molar-refractivity contribution >= 4 is 17.5 Å². The Morgan fingerprint density at radius 2 is 1.65 bits per heavy atom. The van der Waals surface area contributed by atoms with E-state index in [-0.39, 0.29) is 5.91 Å². The fraction of sp³-hybridized carbons (Fsp3) is 0.321. The number of carbonyl (C=O) groups excluding carboxylic acids is 1. The number of carbonyl (C=O) groups is 1. The molecule has 1 aliphatic rings. The number of nitrogens with zero attached hydrogens (tertiary/aromatic N) is 2. The zero-order valence-electron chi connectivity index (χ0n) is 19.4. The summed E-state index contributed by atoms with van der Waals surface area (Å²) < 4.78 is 11.6. The molecule has 0 spiro atoms. The van der Waals surface area contributed by atoms with Gasteiger partial charge in [-0.2, -0.15) is 0 Å². The van der Waals surface area contributed by atoms with Crippen molar-refractivity contribution in [3.05, 3.63) is 101 Å². The Labute approximate surface area is 206 Å². The minimum Gasteiger partial charge on any atom is -0.492 e. The number of ether oxygens (including phenoxy) is 2. The second kappa shape index (κ2) is 12.6. The third kappa shape index (κ3) is 7.07. The van der Waals surface area contributed by atoms with Gasteiger partial charge in [0, 0.05) is 48.9 Å². The summed E-state index contributed by atoms with van der Waals surface area (Å²) in [5, 5.41) is 0.617. The number of rotatable bonds is 10. The molecular weight excluding hydrogens is 448 g/mol. The molecule has 34 heavy (non-hydrogen) atoms. The number of halogens is 1. The lowest BCUT2D eigenvalue weighted by molar-refractivity contribution is 0.0321. The highest BCUT2D eigenvalue weighted by atomic mass is 35.5. The van der Waals surface area contributed by atoms with Crippen LogP contribution in [0.1, 0.15) is 21.5 Å². The topological polar surface area (TPSA) is 42.0 Å². The highest BCUT2D eigenvalue weighted by molar-refractivity contribution is 6.30. The molecule has 1 aliphatic heterocycles. The van der Waals surface area contributed by atoms with Crippen LogP contribution in [-0.4, -0.2) is 61.7 Å². The van der Waals surface area contributed by atoms with E-state index in [0.29, 0.717) is 30.3 Å². The first kappa shape index (κ1) is 24.3. The SMILES string of the molecule is O=C(c1ccc(Cl)cc1)N(CCc1ccccc1)Cc1ccccc1OCCN1CCOCC1. The normalized spacial score (nSPS) is 14.0. The Bertz CT molecular complexity index is 1040. The average molecular weight is 479 g/mol. The third-order valence-electron chi connectivity index (χ3n) is 5.99. The van der Waals surface area contributed by atoms with Crippen molar-refractivity contribution in [2.45, 2.75) is 13.0 Å². The van der Waals surface area contributed by atoms with Crippen molar-refractivity contribution in [1.82, 2.24) is 9.80 Å². The van der Waals surface area contributed by atoms with Gasteiger partial charge in [0.25, 0.3) is 5.91 Å². The van der Waals surface area contributed by atoms with Gasteiger partial charge in [-0.15, -0.1) is 0 Å². The lowest BCUT2D eigenvalue weighted by atomic mass is 10.1. The van der Waals surface area contributed by atoms with Gasteiger partial charge in [-0.25, -0.2) is 0 Å². The van der Waals surface area contributed by atoms with Crippen LogP contribution < -0.4 is 4.74 Å². The lowest BCUT2D eigenvalue weighted by Crippen LogP contribution is -2.38. The number of para-hydroxylation sites is 1. The second-order valence-corrected chi connectivity index (χ2v) is 8.82. The molecule has 178 valence electrons. The molecule has 5 nitrogen and oxygen atoms in total. The van der Waals surface area contributed by atoms with E-state index in [1.165, 1.54) is 5.56 Å². The molecule has 3 aromatic carbocycles. The molecule has 4 rings (SSSR count). The molecule has 6 heteroatoms. The molecule has 0 aliphatic carbocycles. The maximum Gasteiger partial charge on any atom is 0.254 e. The lowest BCUT2D eigenvalue weighted by Gasteiger charge is -2.27. The van der Waals surface area contributed by atoms with Gasteiger partial charge in [-0.3, -0.25) is 9.69 Å². The van der Waals surface area contributed by atoms with E-state index < -0.39 is 0 Å². The summed E-state index contributed by atoms with van der Waals surface area (Å²) in [6.07, 6.45) is 0.778. The van der Waals surface area contributed by atoms with Gasteiger partial charge in [0.1, 0.15) is 12.4 Å². The number of morpholine rings is 1. The molecule has 1 fully saturated rings. The van der Waals surface area contributed by atoms with Gasteiger partial charge in [0.2, 0.25) is 0 Å². The smallest absolute Gasteiger partial charge is 0.254 e. The Morgan fingerprint density at radius 1 is 0.941 bits per heavy atom. The Balaban J connectivity index is 1.46. The predicted molar refractivity (Wildman–Crippen MR) is 136 cm³/mol. The summed E-state index contributed by atoms with van der Waals surface area (Å²) >= 11 is 6.04. The Hall–Kier alpha value is -2.86. The molecule has 0 N–H and O–H groups in total. The highest BCUT2D eigenvalue weighted by Gasteiger charge is 2.18. The summed E-state index contributed by atoms with van der Waals surface area (Å²) in [6, 6.07) is 25.3. The summed E-state index contributed by atoms with van der Waals surface area (Å²) in [7, 11) is 0. The van der Waals surface area contributed by atoms with E-state index in [1.807, 2.05) is 47.4 Å². The summed E-state index contributed by atoms with van der Waals surface area (Å²) in [5.41, 5.74) is 2.83. The minimum absolute atomic E-state index is 0.0179. The van der Waals surface area contributed by atoms with Crippen LogP contribution >= 0.6 is 11.6 Å². The predicted octanol–water partition coefficient (Wildman–Crippen LogP) is 4.94. The molecule has 0 unspecified atom stereocenters. The van der Waals surface area contributed by atoms with Crippen molar-refractivity contribution < 1.29 is 14.3 Å². The van der Waals surface area contributed by atoms with Gasteiger partial charge in [0.05, 0.1) is 13.2 Å². The van der Waals surface area contributed by atoms with Crippen LogP contribution in [0.2, 0.25) is 5.02 Å². The van der Waals surface area contributed by atoms with Crippen LogP contribution in [0.4, 0.5) is 0 Å². The van der Waals surface area contributed by atoms with Gasteiger partial charge in [0.15, 0.2) is 0 Å². The molecule has 0 bridgehead atoms. The van der Waals surface area contributed by atoms with E-state index in [1.54, 1.807) is 24.3 Å². The standard InChI is InChI=1S/C28H31ClN2O3/c29-26-12-10-24(11-13-26)28(32)31(15-14-23-6-2-1-3-7-23)22-25-8-4-5-9-27(25)34-21-18-30-16-19-33-20-17-30/h1-13H,14-22H2. The van der Waals surface area contributed by atoms with E-state index in [4.69, 9.17) is 21.1 Å². The van der Waals surface area contributed by atoms with Gasteiger partial charge >= 0.3 is 0 Å². The van der Waals surface area contributed by atoms with E-state index in [2.05, 4.69) is 17.0 Å². The van der Waals surface area contributed by atoms with Crippen LogP contribution in [0, 0.1) is 0 Å². The van der Waals surface area contributed by atoms with Crippen LogP contribution in [-0.2, 0) is 17.7 Å². The average Bonchev–Trinajstić information content (AvgIpc) is 2.88. The molecule has 0 saturated carbocycles. The zero-order chi connectivity index (χ0) is 23.6. The van der Waals surface area contributed by atoms with Gasteiger partial charge in [-0.05, 0) is 42.3 Å². The first-order chi connectivity index (χ1) is 16.7. The number of amides is 1. The third-order valence-corrected chi connectivity index (χ3v) is 6.25. The Kier molecular flexibility index (Phi) is 8.97. The molecular formula is C28H31ClN2O3. The van der Waals surface area contributed by atoms with E-state index in [9.17, 15) is 4.79 Å². The molecule has 3 aromatic rings. The number of hydrogen-bond acceptors (Lipinski definition) is 4. The zero-order valence-corrected chi connectivity index (χ0v) is 20.1. The summed E-state index contributed by atoms with van der Waals surface area (Å²) in [5.74, 6) is 0.806. The van der Waals surface area contributed by atoms with Crippen LogP contribution in [0.15, 0.2) is 78.9 Å². The van der Waals surface area contributed by atoms with Crippen molar-refractivity contribution in [2.75, 3.05) is 46.0 Å².